The summed E-state index contributed by atoms with van der Waals surface area (Å²) in [6.45, 7) is 0.0562. The van der Waals surface area contributed by atoms with E-state index in [9.17, 15) is 19.7 Å². The largest absolute Gasteiger partial charge is 0.387 e. The molecule has 1 saturated heterocycles. The molecule has 0 saturated carbocycles. The zero-order valence-corrected chi connectivity index (χ0v) is 9.28. The Kier molecular flexibility index (Phi) is 2.92. The fraction of sp³-hybridized carbons (Fsp3) is 0.300. The lowest BCUT2D eigenvalue weighted by Crippen LogP contribution is -2.29. The summed E-state index contributed by atoms with van der Waals surface area (Å²) in [6, 6.07) is 2.92. The molecule has 0 aliphatic carbocycles. The first-order valence-corrected chi connectivity index (χ1v) is 5.19. The van der Waals surface area contributed by atoms with Crippen LogP contribution in [-0.2, 0) is 9.59 Å². The number of nitro groups is 1. The van der Waals surface area contributed by atoms with E-state index in [1.54, 1.807) is 0 Å². The van der Waals surface area contributed by atoms with Crippen LogP contribution in [0.3, 0.4) is 0 Å². The van der Waals surface area contributed by atoms with Gasteiger partial charge in [-0.3, -0.25) is 9.59 Å². The average Bonchev–Trinajstić information content (AvgIpc) is 2.71. The van der Waals surface area contributed by atoms with E-state index in [0.717, 1.165) is 0 Å². The number of aromatic nitrogens is 1. The molecule has 18 heavy (non-hydrogen) atoms. The average molecular weight is 250 g/mol. The molecule has 94 valence electrons. The van der Waals surface area contributed by atoms with Gasteiger partial charge in [-0.05, 0) is 22.0 Å². The van der Waals surface area contributed by atoms with Crippen molar-refractivity contribution in [1.82, 2.24) is 4.98 Å². The van der Waals surface area contributed by atoms with Crippen LogP contribution in [0.15, 0.2) is 18.3 Å². The van der Waals surface area contributed by atoms with Crippen LogP contribution < -0.4 is 10.6 Å². The van der Waals surface area contributed by atoms with Crippen molar-refractivity contribution >= 4 is 23.3 Å². The summed E-state index contributed by atoms with van der Waals surface area (Å²) in [5, 5.41) is 10.8. The van der Waals surface area contributed by atoms with Crippen LogP contribution in [0.25, 0.3) is 0 Å². The monoisotopic (exact) mass is 250 g/mol. The summed E-state index contributed by atoms with van der Waals surface area (Å²) in [6.07, 6.45) is 1.25. The summed E-state index contributed by atoms with van der Waals surface area (Å²) in [5.74, 6) is -1.97. The van der Waals surface area contributed by atoms with Crippen LogP contribution in [0.1, 0.15) is 6.42 Å². The second kappa shape index (κ2) is 4.40. The SMILES string of the molecule is NC(=O)C1CC(=O)N(c2cccnc2[N+](=O)[O-])C1. The van der Waals surface area contributed by atoms with Crippen LogP contribution in [0.5, 0.6) is 0 Å². The van der Waals surface area contributed by atoms with Crippen molar-refractivity contribution in [2.75, 3.05) is 11.4 Å². The van der Waals surface area contributed by atoms with Crippen molar-refractivity contribution in [1.29, 1.82) is 0 Å². The first-order chi connectivity index (χ1) is 8.50. The minimum Gasteiger partial charge on any atom is -0.369 e. The number of primary amides is 1. The van der Waals surface area contributed by atoms with E-state index in [4.69, 9.17) is 5.73 Å². The van der Waals surface area contributed by atoms with Crippen LogP contribution in [0.4, 0.5) is 11.5 Å². The third kappa shape index (κ3) is 1.99. The number of carbonyl (C=O) groups is 2. The van der Waals surface area contributed by atoms with Gasteiger partial charge in [0.2, 0.25) is 11.8 Å². The van der Waals surface area contributed by atoms with Gasteiger partial charge in [-0.2, -0.15) is 0 Å². The zero-order valence-electron chi connectivity index (χ0n) is 9.28. The number of anilines is 1. The van der Waals surface area contributed by atoms with E-state index in [1.165, 1.54) is 23.2 Å². The fourth-order valence-corrected chi connectivity index (χ4v) is 1.87. The number of nitrogens with zero attached hydrogens (tertiary/aromatic N) is 3. The van der Waals surface area contributed by atoms with Crippen LogP contribution in [0.2, 0.25) is 0 Å². The number of nitrogens with two attached hydrogens (primary N) is 1. The van der Waals surface area contributed by atoms with Gasteiger partial charge in [0.15, 0.2) is 0 Å². The predicted octanol–water partition coefficient (Wildman–Crippen LogP) is -0.172. The topological polar surface area (TPSA) is 119 Å². The second-order valence-corrected chi connectivity index (χ2v) is 3.91. The number of amides is 2. The summed E-state index contributed by atoms with van der Waals surface area (Å²) >= 11 is 0. The van der Waals surface area contributed by atoms with Gasteiger partial charge >= 0.3 is 5.82 Å². The van der Waals surface area contributed by atoms with E-state index >= 15 is 0 Å². The van der Waals surface area contributed by atoms with Crippen molar-refractivity contribution in [3.63, 3.8) is 0 Å². The highest BCUT2D eigenvalue weighted by Gasteiger charge is 2.37. The molecule has 2 rings (SSSR count). The summed E-state index contributed by atoms with van der Waals surface area (Å²) in [4.78, 5) is 37.7. The Labute approximate surface area is 102 Å². The molecule has 1 aromatic heterocycles. The molecular weight excluding hydrogens is 240 g/mol. The highest BCUT2D eigenvalue weighted by molar-refractivity contribution is 6.01. The minimum atomic E-state index is -0.666. The highest BCUT2D eigenvalue weighted by atomic mass is 16.6. The molecule has 0 radical (unpaired) electrons. The molecule has 1 aliphatic rings. The van der Waals surface area contributed by atoms with Gasteiger partial charge in [-0.15, -0.1) is 0 Å². The first kappa shape index (κ1) is 12.0. The Bertz CT molecular complexity index is 530. The first-order valence-electron chi connectivity index (χ1n) is 5.19. The molecule has 1 aliphatic heterocycles. The van der Waals surface area contributed by atoms with Crippen molar-refractivity contribution in [3.05, 3.63) is 28.4 Å². The van der Waals surface area contributed by atoms with Crippen molar-refractivity contribution < 1.29 is 14.5 Å². The quantitative estimate of drug-likeness (QED) is 0.589. The van der Waals surface area contributed by atoms with Gasteiger partial charge in [0.25, 0.3) is 0 Å². The summed E-state index contributed by atoms with van der Waals surface area (Å²) < 4.78 is 0. The van der Waals surface area contributed by atoms with E-state index in [1.807, 2.05) is 0 Å². The molecule has 1 atom stereocenters. The van der Waals surface area contributed by atoms with Gasteiger partial charge in [-0.25, -0.2) is 0 Å². The molecule has 1 fully saturated rings. The third-order valence-corrected chi connectivity index (χ3v) is 2.76. The van der Waals surface area contributed by atoms with E-state index < -0.39 is 22.6 Å². The number of carbonyl (C=O) groups excluding carboxylic acids is 2. The smallest absolute Gasteiger partial charge is 0.369 e. The Morgan fingerprint density at radius 3 is 2.89 bits per heavy atom. The molecule has 2 heterocycles. The molecule has 8 heteroatoms. The van der Waals surface area contributed by atoms with Gasteiger partial charge in [0, 0.05) is 13.0 Å². The normalized spacial score (nSPS) is 19.0. The standard InChI is InChI=1S/C10H10N4O4/c11-9(16)6-4-8(15)13(5-6)7-2-1-3-12-10(7)14(17)18/h1-3,6H,4-5H2,(H2,11,16). The van der Waals surface area contributed by atoms with Crippen LogP contribution in [-0.4, -0.2) is 28.3 Å². The Morgan fingerprint density at radius 1 is 1.61 bits per heavy atom. The predicted molar refractivity (Wildman–Crippen MR) is 60.5 cm³/mol. The lowest BCUT2D eigenvalue weighted by atomic mass is 10.1. The lowest BCUT2D eigenvalue weighted by molar-refractivity contribution is -0.388. The Balaban J connectivity index is 2.35. The molecule has 0 bridgehead atoms. The van der Waals surface area contributed by atoms with Gasteiger partial charge < -0.3 is 20.7 Å². The maximum Gasteiger partial charge on any atom is 0.387 e. The zero-order chi connectivity index (χ0) is 13.3. The fourth-order valence-electron chi connectivity index (χ4n) is 1.87. The van der Waals surface area contributed by atoms with Gasteiger partial charge in [0.1, 0.15) is 11.9 Å². The Morgan fingerprint density at radius 2 is 2.33 bits per heavy atom. The van der Waals surface area contributed by atoms with Gasteiger partial charge in [-0.1, -0.05) is 0 Å². The van der Waals surface area contributed by atoms with E-state index in [-0.39, 0.29) is 24.6 Å². The Hall–Kier alpha value is -2.51. The van der Waals surface area contributed by atoms with Crippen molar-refractivity contribution in [2.45, 2.75) is 6.42 Å². The third-order valence-electron chi connectivity index (χ3n) is 2.76. The lowest BCUT2D eigenvalue weighted by Gasteiger charge is -2.15. The maximum atomic E-state index is 11.7. The summed E-state index contributed by atoms with van der Waals surface area (Å²) in [5.41, 5.74) is 5.22. The molecule has 2 amide bonds. The van der Waals surface area contributed by atoms with Gasteiger partial charge in [0.05, 0.1) is 5.92 Å². The molecule has 8 nitrogen and oxygen atoms in total. The van der Waals surface area contributed by atoms with E-state index in [0.29, 0.717) is 0 Å². The van der Waals surface area contributed by atoms with Crippen LogP contribution in [0, 0.1) is 16.0 Å². The van der Waals surface area contributed by atoms with Crippen molar-refractivity contribution in [3.8, 4) is 0 Å². The summed E-state index contributed by atoms with van der Waals surface area (Å²) in [7, 11) is 0. The number of hydrogen-bond acceptors (Lipinski definition) is 5. The number of pyridine rings is 1. The molecule has 0 spiro atoms. The van der Waals surface area contributed by atoms with Crippen LogP contribution >= 0.6 is 0 Å². The second-order valence-electron chi connectivity index (χ2n) is 3.91. The minimum absolute atomic E-state index is 0.0264. The molecule has 1 unspecified atom stereocenters. The number of rotatable bonds is 3. The van der Waals surface area contributed by atoms with E-state index in [2.05, 4.69) is 4.98 Å². The number of hydrogen-bond donors (Lipinski definition) is 1. The van der Waals surface area contributed by atoms with Crippen molar-refractivity contribution in [2.24, 2.45) is 11.7 Å². The highest BCUT2D eigenvalue weighted by Crippen LogP contribution is 2.30. The maximum absolute atomic E-state index is 11.7. The molecular formula is C10H10N4O4. The molecule has 0 aromatic carbocycles. The molecule has 2 N–H and O–H groups in total. The molecule has 1 aromatic rings.